The minimum atomic E-state index is 0.212. The summed E-state index contributed by atoms with van der Waals surface area (Å²) < 4.78 is 5.73. The molecule has 0 aliphatic heterocycles. The van der Waals surface area contributed by atoms with Crippen LogP contribution in [0.2, 0.25) is 10.0 Å². The third-order valence-electron chi connectivity index (χ3n) is 3.42. The number of halogens is 2. The molecule has 0 saturated carbocycles. The summed E-state index contributed by atoms with van der Waals surface area (Å²) in [6.07, 6.45) is 1.39. The quantitative estimate of drug-likeness (QED) is 0.821. The first-order valence-electron chi connectivity index (χ1n) is 6.37. The average molecular weight is 307 g/mol. The van der Waals surface area contributed by atoms with E-state index in [4.69, 9.17) is 27.9 Å². The molecule has 0 aromatic heterocycles. The molecule has 3 rings (SSSR count). The third-order valence-corrected chi connectivity index (χ3v) is 4.28. The van der Waals surface area contributed by atoms with E-state index in [0.717, 1.165) is 28.9 Å². The van der Waals surface area contributed by atoms with Gasteiger partial charge in [0.2, 0.25) is 0 Å². The molecule has 1 aliphatic carbocycles. The molecule has 0 heterocycles. The molecule has 0 unspecified atom stereocenters. The van der Waals surface area contributed by atoms with Crippen molar-refractivity contribution in [1.82, 2.24) is 0 Å². The molecule has 1 aliphatic rings. The van der Waals surface area contributed by atoms with Crippen LogP contribution < -0.4 is 4.74 Å². The van der Waals surface area contributed by atoms with Crippen molar-refractivity contribution in [3.05, 3.63) is 63.1 Å². The van der Waals surface area contributed by atoms with Crippen LogP contribution in [0.15, 0.2) is 36.4 Å². The molecule has 102 valence electrons. The SMILES string of the molecule is O=C1CCc2cc(OCc3cccc(Cl)c3Cl)ccc21. The zero-order chi connectivity index (χ0) is 14.1. The van der Waals surface area contributed by atoms with Gasteiger partial charge in [-0.25, -0.2) is 0 Å². The Morgan fingerprint density at radius 1 is 1.10 bits per heavy atom. The number of ether oxygens (including phenoxy) is 1. The molecular formula is C16H12Cl2O2. The number of carbonyl (C=O) groups excluding carboxylic acids is 1. The van der Waals surface area contributed by atoms with Gasteiger partial charge in [-0.15, -0.1) is 0 Å². The lowest BCUT2D eigenvalue weighted by Crippen LogP contribution is -1.98. The van der Waals surface area contributed by atoms with Crippen LogP contribution in [0.5, 0.6) is 5.75 Å². The second-order valence-electron chi connectivity index (χ2n) is 4.74. The highest BCUT2D eigenvalue weighted by Gasteiger charge is 2.19. The van der Waals surface area contributed by atoms with E-state index in [2.05, 4.69) is 0 Å². The van der Waals surface area contributed by atoms with Crippen molar-refractivity contribution in [3.63, 3.8) is 0 Å². The maximum Gasteiger partial charge on any atom is 0.163 e. The predicted molar refractivity (Wildman–Crippen MR) is 79.9 cm³/mol. The van der Waals surface area contributed by atoms with Crippen molar-refractivity contribution in [3.8, 4) is 5.75 Å². The van der Waals surface area contributed by atoms with Gasteiger partial charge < -0.3 is 4.74 Å². The topological polar surface area (TPSA) is 26.3 Å². The first-order valence-corrected chi connectivity index (χ1v) is 7.12. The van der Waals surface area contributed by atoms with Crippen molar-refractivity contribution in [2.45, 2.75) is 19.4 Å². The Balaban J connectivity index is 1.76. The predicted octanol–water partition coefficient (Wildman–Crippen LogP) is 4.70. The van der Waals surface area contributed by atoms with Gasteiger partial charge >= 0.3 is 0 Å². The molecule has 4 heteroatoms. The van der Waals surface area contributed by atoms with E-state index in [1.807, 2.05) is 30.3 Å². The first-order chi connectivity index (χ1) is 9.65. The van der Waals surface area contributed by atoms with Gasteiger partial charge in [-0.2, -0.15) is 0 Å². The van der Waals surface area contributed by atoms with Gasteiger partial charge in [0, 0.05) is 17.5 Å². The van der Waals surface area contributed by atoms with E-state index in [1.54, 1.807) is 6.07 Å². The van der Waals surface area contributed by atoms with Gasteiger partial charge in [0.05, 0.1) is 10.0 Å². The number of hydrogen-bond acceptors (Lipinski definition) is 2. The lowest BCUT2D eigenvalue weighted by Gasteiger charge is -2.09. The van der Waals surface area contributed by atoms with E-state index in [9.17, 15) is 4.79 Å². The molecule has 0 fully saturated rings. The van der Waals surface area contributed by atoms with Crippen LogP contribution in [0, 0.1) is 0 Å². The van der Waals surface area contributed by atoms with E-state index in [-0.39, 0.29) is 5.78 Å². The van der Waals surface area contributed by atoms with E-state index >= 15 is 0 Å². The molecule has 0 saturated heterocycles. The maximum atomic E-state index is 11.6. The Kier molecular flexibility index (Phi) is 3.68. The third kappa shape index (κ3) is 2.54. The lowest BCUT2D eigenvalue weighted by molar-refractivity contribution is 0.0994. The highest BCUT2D eigenvalue weighted by atomic mass is 35.5. The highest BCUT2D eigenvalue weighted by Crippen LogP contribution is 2.29. The normalized spacial score (nSPS) is 13.4. The fourth-order valence-corrected chi connectivity index (χ4v) is 2.72. The van der Waals surface area contributed by atoms with Gasteiger partial charge in [-0.3, -0.25) is 4.79 Å². The lowest BCUT2D eigenvalue weighted by atomic mass is 10.1. The smallest absolute Gasteiger partial charge is 0.163 e. The number of benzene rings is 2. The molecular weight excluding hydrogens is 295 g/mol. The number of hydrogen-bond donors (Lipinski definition) is 0. The second-order valence-corrected chi connectivity index (χ2v) is 5.53. The monoisotopic (exact) mass is 306 g/mol. The molecule has 20 heavy (non-hydrogen) atoms. The minimum Gasteiger partial charge on any atom is -0.489 e. The Morgan fingerprint density at radius 2 is 1.95 bits per heavy atom. The summed E-state index contributed by atoms with van der Waals surface area (Å²) in [6.45, 7) is 0.353. The number of aryl methyl sites for hydroxylation is 1. The van der Waals surface area contributed by atoms with E-state index in [1.165, 1.54) is 0 Å². The summed E-state index contributed by atoms with van der Waals surface area (Å²) in [5.74, 6) is 0.957. The summed E-state index contributed by atoms with van der Waals surface area (Å²) in [4.78, 5) is 11.6. The van der Waals surface area contributed by atoms with Gasteiger partial charge in [0.1, 0.15) is 12.4 Å². The van der Waals surface area contributed by atoms with Crippen LogP contribution in [0.3, 0.4) is 0 Å². The standard InChI is InChI=1S/C16H12Cl2O2/c17-14-3-1-2-11(16(14)18)9-20-12-5-6-13-10(8-12)4-7-15(13)19/h1-3,5-6,8H,4,7,9H2. The van der Waals surface area contributed by atoms with Crippen LogP contribution in [0.25, 0.3) is 0 Å². The molecule has 0 atom stereocenters. The summed E-state index contributed by atoms with van der Waals surface area (Å²) in [6, 6.07) is 11.0. The zero-order valence-corrected chi connectivity index (χ0v) is 12.2. The highest BCUT2D eigenvalue weighted by molar-refractivity contribution is 6.42. The fourth-order valence-electron chi connectivity index (χ4n) is 2.34. The van der Waals surface area contributed by atoms with Crippen molar-refractivity contribution in [2.75, 3.05) is 0 Å². The number of fused-ring (bicyclic) bond motifs is 1. The van der Waals surface area contributed by atoms with E-state index in [0.29, 0.717) is 23.1 Å². The summed E-state index contributed by atoms with van der Waals surface area (Å²) in [5, 5.41) is 1.04. The van der Waals surface area contributed by atoms with Crippen molar-refractivity contribution in [2.24, 2.45) is 0 Å². The second kappa shape index (κ2) is 5.47. The van der Waals surface area contributed by atoms with Gasteiger partial charge in [-0.05, 0) is 36.2 Å². The Bertz CT molecular complexity index is 680. The molecule has 2 nitrogen and oxygen atoms in total. The molecule has 0 N–H and O–H groups in total. The largest absolute Gasteiger partial charge is 0.489 e. The van der Waals surface area contributed by atoms with E-state index < -0.39 is 0 Å². The average Bonchev–Trinajstić information content (AvgIpc) is 2.82. The zero-order valence-electron chi connectivity index (χ0n) is 10.7. The summed E-state index contributed by atoms with van der Waals surface area (Å²) in [5.41, 5.74) is 2.72. The molecule has 0 radical (unpaired) electrons. The number of ketones is 1. The first kappa shape index (κ1) is 13.5. The molecule has 2 aromatic rings. The van der Waals surface area contributed by atoms with Gasteiger partial charge in [-0.1, -0.05) is 35.3 Å². The molecule has 0 bridgehead atoms. The molecule has 2 aromatic carbocycles. The number of carbonyl (C=O) groups is 1. The van der Waals surface area contributed by atoms with Gasteiger partial charge in [0.15, 0.2) is 5.78 Å². The van der Waals surface area contributed by atoms with Crippen LogP contribution in [0.4, 0.5) is 0 Å². The Morgan fingerprint density at radius 3 is 2.80 bits per heavy atom. The Hall–Kier alpha value is -1.51. The van der Waals surface area contributed by atoms with Gasteiger partial charge in [0.25, 0.3) is 0 Å². The fraction of sp³-hybridized carbons (Fsp3) is 0.188. The van der Waals surface area contributed by atoms with Crippen molar-refractivity contribution in [1.29, 1.82) is 0 Å². The summed E-state index contributed by atoms with van der Waals surface area (Å²) >= 11 is 12.1. The number of Topliss-reactive ketones (excluding diaryl/α,β-unsaturated/α-hetero) is 1. The van der Waals surface area contributed by atoms with Crippen LogP contribution in [-0.4, -0.2) is 5.78 Å². The van der Waals surface area contributed by atoms with Crippen LogP contribution in [0.1, 0.15) is 27.9 Å². The minimum absolute atomic E-state index is 0.212. The maximum absolute atomic E-state index is 11.6. The number of rotatable bonds is 3. The van der Waals surface area contributed by atoms with Crippen molar-refractivity contribution < 1.29 is 9.53 Å². The molecule has 0 amide bonds. The van der Waals surface area contributed by atoms with Crippen molar-refractivity contribution >= 4 is 29.0 Å². The molecule has 0 spiro atoms. The Labute approximate surface area is 127 Å². The van der Waals surface area contributed by atoms with Crippen LogP contribution >= 0.6 is 23.2 Å². The van der Waals surface area contributed by atoms with Crippen LogP contribution in [-0.2, 0) is 13.0 Å². The summed E-state index contributed by atoms with van der Waals surface area (Å²) in [7, 11) is 0.